The Bertz CT molecular complexity index is 306. The minimum atomic E-state index is -3.19. The normalized spacial score (nSPS) is 18.1. The zero-order valence-electron chi connectivity index (χ0n) is 8.68. The van der Waals surface area contributed by atoms with Crippen molar-refractivity contribution in [1.29, 1.82) is 0 Å². The summed E-state index contributed by atoms with van der Waals surface area (Å²) in [7, 11) is -3.19. The van der Waals surface area contributed by atoms with Gasteiger partial charge >= 0.3 is 5.97 Å². The highest BCUT2D eigenvalue weighted by Gasteiger charge is 2.17. The van der Waals surface area contributed by atoms with Gasteiger partial charge < -0.3 is 10.0 Å². The van der Waals surface area contributed by atoms with Crippen LogP contribution in [0.3, 0.4) is 0 Å². The van der Waals surface area contributed by atoms with E-state index in [0.717, 1.165) is 25.9 Å². The van der Waals surface area contributed by atoms with E-state index in [0.29, 0.717) is 6.54 Å². The summed E-state index contributed by atoms with van der Waals surface area (Å²) in [5.41, 5.74) is 0. The molecule has 5 nitrogen and oxygen atoms in total. The summed E-state index contributed by atoms with van der Waals surface area (Å²) in [6, 6.07) is 0. The van der Waals surface area contributed by atoms with Crippen molar-refractivity contribution in [3.05, 3.63) is 0 Å². The molecule has 15 heavy (non-hydrogen) atoms. The van der Waals surface area contributed by atoms with Crippen LogP contribution in [0, 0.1) is 0 Å². The summed E-state index contributed by atoms with van der Waals surface area (Å²) in [5.74, 6) is -1.21. The highest BCUT2D eigenvalue weighted by molar-refractivity contribution is 7.91. The Kier molecular flexibility index (Phi) is 4.53. The van der Waals surface area contributed by atoms with Crippen LogP contribution in [0.2, 0.25) is 0 Å². The van der Waals surface area contributed by atoms with Crippen LogP contribution in [0.1, 0.15) is 19.3 Å². The van der Waals surface area contributed by atoms with Gasteiger partial charge in [0.1, 0.15) is 0 Å². The molecule has 0 spiro atoms. The van der Waals surface area contributed by atoms with Gasteiger partial charge in [-0.15, -0.1) is 0 Å². The molecule has 1 aliphatic rings. The molecule has 1 aliphatic heterocycles. The SMILES string of the molecule is O=C(O)CCS(=O)(=O)CCN1CCCC1. The quantitative estimate of drug-likeness (QED) is 0.700. The molecule has 1 N–H and O–H groups in total. The zero-order chi connectivity index (χ0) is 11.3. The van der Waals surface area contributed by atoms with Crippen molar-refractivity contribution >= 4 is 15.8 Å². The summed E-state index contributed by atoms with van der Waals surface area (Å²) in [5, 5.41) is 8.38. The third-order valence-corrected chi connectivity index (χ3v) is 4.17. The van der Waals surface area contributed by atoms with Crippen LogP contribution < -0.4 is 0 Å². The number of carboxylic acids is 1. The third-order valence-electron chi connectivity index (χ3n) is 2.54. The molecule has 0 aromatic rings. The van der Waals surface area contributed by atoms with Crippen LogP contribution in [-0.4, -0.2) is 55.5 Å². The molecule has 88 valence electrons. The monoisotopic (exact) mass is 235 g/mol. The summed E-state index contributed by atoms with van der Waals surface area (Å²) < 4.78 is 22.8. The van der Waals surface area contributed by atoms with Crippen LogP contribution in [0.4, 0.5) is 0 Å². The number of carbonyl (C=O) groups is 1. The van der Waals surface area contributed by atoms with Crippen molar-refractivity contribution < 1.29 is 18.3 Å². The Morgan fingerprint density at radius 2 is 1.80 bits per heavy atom. The van der Waals surface area contributed by atoms with Gasteiger partial charge in [0.25, 0.3) is 0 Å². The van der Waals surface area contributed by atoms with Crippen LogP contribution >= 0.6 is 0 Å². The first-order valence-electron chi connectivity index (χ1n) is 5.14. The lowest BCUT2D eigenvalue weighted by molar-refractivity contribution is -0.136. The van der Waals surface area contributed by atoms with E-state index in [-0.39, 0.29) is 17.9 Å². The number of aliphatic carboxylic acids is 1. The van der Waals surface area contributed by atoms with E-state index >= 15 is 0 Å². The van der Waals surface area contributed by atoms with Crippen LogP contribution in [0.25, 0.3) is 0 Å². The Labute approximate surface area is 90.0 Å². The summed E-state index contributed by atoms with van der Waals surface area (Å²) in [4.78, 5) is 12.3. The number of likely N-dealkylation sites (tertiary alicyclic amines) is 1. The van der Waals surface area contributed by atoms with Gasteiger partial charge in [0, 0.05) is 6.54 Å². The van der Waals surface area contributed by atoms with Crippen molar-refractivity contribution in [2.24, 2.45) is 0 Å². The smallest absolute Gasteiger partial charge is 0.304 e. The van der Waals surface area contributed by atoms with Gasteiger partial charge in [-0.2, -0.15) is 0 Å². The number of carboxylic acid groups (broad SMARTS) is 1. The van der Waals surface area contributed by atoms with Gasteiger partial charge in [0.2, 0.25) is 0 Å². The fourth-order valence-corrected chi connectivity index (χ4v) is 2.85. The Morgan fingerprint density at radius 1 is 1.20 bits per heavy atom. The van der Waals surface area contributed by atoms with Crippen molar-refractivity contribution in [1.82, 2.24) is 4.90 Å². The molecule has 0 aromatic heterocycles. The van der Waals surface area contributed by atoms with Gasteiger partial charge in [-0.3, -0.25) is 4.79 Å². The molecule has 1 heterocycles. The summed E-state index contributed by atoms with van der Waals surface area (Å²) >= 11 is 0. The summed E-state index contributed by atoms with van der Waals surface area (Å²) in [6.45, 7) is 2.48. The van der Waals surface area contributed by atoms with Gasteiger partial charge in [-0.25, -0.2) is 8.42 Å². The van der Waals surface area contributed by atoms with Crippen LogP contribution in [0.5, 0.6) is 0 Å². The van der Waals surface area contributed by atoms with E-state index in [1.807, 2.05) is 0 Å². The predicted molar refractivity (Wildman–Crippen MR) is 56.6 cm³/mol. The fourth-order valence-electron chi connectivity index (χ4n) is 1.62. The molecule has 0 unspecified atom stereocenters. The van der Waals surface area contributed by atoms with Crippen molar-refractivity contribution in [2.45, 2.75) is 19.3 Å². The molecule has 0 amide bonds. The second kappa shape index (κ2) is 5.46. The second-order valence-electron chi connectivity index (χ2n) is 3.84. The van der Waals surface area contributed by atoms with E-state index in [4.69, 9.17) is 5.11 Å². The largest absolute Gasteiger partial charge is 0.481 e. The van der Waals surface area contributed by atoms with Crippen molar-refractivity contribution in [3.63, 3.8) is 0 Å². The fraction of sp³-hybridized carbons (Fsp3) is 0.889. The minimum absolute atomic E-state index is 0.0836. The molecular formula is C9H17NO4S. The molecule has 0 saturated carbocycles. The molecule has 1 saturated heterocycles. The Morgan fingerprint density at radius 3 is 2.33 bits per heavy atom. The van der Waals surface area contributed by atoms with Gasteiger partial charge in [0.15, 0.2) is 9.84 Å². The Balaban J connectivity index is 2.26. The maximum absolute atomic E-state index is 11.4. The third kappa shape index (κ3) is 5.13. The van der Waals surface area contributed by atoms with E-state index in [2.05, 4.69) is 4.90 Å². The van der Waals surface area contributed by atoms with E-state index < -0.39 is 15.8 Å². The molecule has 0 radical (unpaired) electrons. The predicted octanol–water partition coefficient (Wildman–Crippen LogP) is -0.0283. The van der Waals surface area contributed by atoms with Crippen molar-refractivity contribution in [3.8, 4) is 0 Å². The first-order chi connectivity index (χ1) is 6.99. The van der Waals surface area contributed by atoms with Gasteiger partial charge in [-0.1, -0.05) is 0 Å². The lowest BCUT2D eigenvalue weighted by Crippen LogP contribution is -2.28. The highest BCUT2D eigenvalue weighted by atomic mass is 32.2. The number of hydrogen-bond donors (Lipinski definition) is 1. The molecule has 1 rings (SSSR count). The number of hydrogen-bond acceptors (Lipinski definition) is 4. The molecule has 0 aliphatic carbocycles. The maximum atomic E-state index is 11.4. The first-order valence-corrected chi connectivity index (χ1v) is 6.96. The number of rotatable bonds is 6. The van der Waals surface area contributed by atoms with Crippen molar-refractivity contribution in [2.75, 3.05) is 31.1 Å². The highest BCUT2D eigenvalue weighted by Crippen LogP contribution is 2.07. The first kappa shape index (κ1) is 12.4. The molecule has 0 bridgehead atoms. The molecular weight excluding hydrogens is 218 g/mol. The van der Waals surface area contributed by atoms with Gasteiger partial charge in [0.05, 0.1) is 17.9 Å². The molecule has 0 aromatic carbocycles. The minimum Gasteiger partial charge on any atom is -0.481 e. The lowest BCUT2D eigenvalue weighted by atomic mass is 10.4. The topological polar surface area (TPSA) is 74.7 Å². The summed E-state index contributed by atoms with van der Waals surface area (Å²) in [6.07, 6.45) is 1.98. The number of nitrogens with zero attached hydrogens (tertiary/aromatic N) is 1. The van der Waals surface area contributed by atoms with Crippen LogP contribution in [-0.2, 0) is 14.6 Å². The standard InChI is InChI=1S/C9H17NO4S/c11-9(12)3-7-15(13,14)8-6-10-4-1-2-5-10/h1-8H2,(H,11,12). The van der Waals surface area contributed by atoms with Crippen LogP contribution in [0.15, 0.2) is 0 Å². The van der Waals surface area contributed by atoms with Gasteiger partial charge in [-0.05, 0) is 25.9 Å². The lowest BCUT2D eigenvalue weighted by Gasteiger charge is -2.13. The Hall–Kier alpha value is -0.620. The average Bonchev–Trinajstić information content (AvgIpc) is 2.65. The molecule has 0 atom stereocenters. The van der Waals surface area contributed by atoms with E-state index in [9.17, 15) is 13.2 Å². The average molecular weight is 235 g/mol. The maximum Gasteiger partial charge on any atom is 0.304 e. The second-order valence-corrected chi connectivity index (χ2v) is 6.15. The number of sulfone groups is 1. The zero-order valence-corrected chi connectivity index (χ0v) is 9.50. The van der Waals surface area contributed by atoms with E-state index in [1.54, 1.807) is 0 Å². The van der Waals surface area contributed by atoms with E-state index in [1.165, 1.54) is 0 Å². The molecule has 1 fully saturated rings. The molecule has 6 heteroatoms.